The molecule has 0 unspecified atom stereocenters. The topological polar surface area (TPSA) is 67.9 Å². The first-order valence-corrected chi connectivity index (χ1v) is 10.2. The predicted octanol–water partition coefficient (Wildman–Crippen LogP) is 4.72. The quantitative estimate of drug-likeness (QED) is 0.748. The average Bonchev–Trinajstić information content (AvgIpc) is 3.56. The molecule has 5 heteroatoms. The van der Waals surface area contributed by atoms with Crippen LogP contribution in [0.1, 0.15) is 29.9 Å². The van der Waals surface area contributed by atoms with Gasteiger partial charge in [0.2, 0.25) is 0 Å². The number of fused-ring (bicyclic) bond motifs is 3. The first kappa shape index (κ1) is 18.0. The molecule has 1 saturated carbocycles. The molecule has 4 nitrogen and oxygen atoms in total. The van der Waals surface area contributed by atoms with E-state index in [1.807, 2.05) is 53.5 Å². The van der Waals surface area contributed by atoms with Crippen molar-refractivity contribution in [3.63, 3.8) is 0 Å². The zero-order valence-corrected chi connectivity index (χ0v) is 16.4. The molecule has 2 fully saturated rings. The number of ketones is 1. The van der Waals surface area contributed by atoms with E-state index in [1.54, 1.807) is 12.1 Å². The number of hydrogen-bond donors (Lipinski definition) is 0. The van der Waals surface area contributed by atoms with Gasteiger partial charge in [-0.15, -0.1) is 0 Å². The highest BCUT2D eigenvalue weighted by atomic mass is 35.5. The van der Waals surface area contributed by atoms with E-state index in [0.717, 1.165) is 29.7 Å². The molecule has 2 aliphatic heterocycles. The van der Waals surface area contributed by atoms with Crippen LogP contribution in [0.3, 0.4) is 0 Å². The fourth-order valence-corrected chi connectivity index (χ4v) is 5.04. The van der Waals surface area contributed by atoms with E-state index in [2.05, 4.69) is 12.1 Å². The number of anilines is 1. The fourth-order valence-electron chi connectivity index (χ4n) is 4.91. The highest BCUT2D eigenvalue weighted by molar-refractivity contribution is 6.30. The minimum absolute atomic E-state index is 0.0155. The van der Waals surface area contributed by atoms with Crippen molar-refractivity contribution in [2.24, 2.45) is 11.3 Å². The van der Waals surface area contributed by atoms with Crippen LogP contribution >= 0.6 is 11.6 Å². The van der Waals surface area contributed by atoms with Gasteiger partial charge in [-0.1, -0.05) is 54.1 Å². The molecule has 0 spiro atoms. The van der Waals surface area contributed by atoms with Crippen LogP contribution in [0.5, 0.6) is 0 Å². The molecule has 0 radical (unpaired) electrons. The molecule has 3 atom stereocenters. The van der Waals surface area contributed by atoms with Gasteiger partial charge in [0.25, 0.3) is 0 Å². The number of halogens is 1. The highest BCUT2D eigenvalue weighted by Crippen LogP contribution is 2.56. The number of nitriles is 2. The van der Waals surface area contributed by atoms with Gasteiger partial charge in [0.15, 0.2) is 11.2 Å². The summed E-state index contributed by atoms with van der Waals surface area (Å²) in [7, 11) is 0. The van der Waals surface area contributed by atoms with Gasteiger partial charge in [-0.05, 0) is 42.2 Å². The van der Waals surface area contributed by atoms with Crippen molar-refractivity contribution in [1.29, 1.82) is 10.5 Å². The summed E-state index contributed by atoms with van der Waals surface area (Å²) in [5, 5.41) is 21.1. The monoisotopic (exact) mass is 399 g/mol. The van der Waals surface area contributed by atoms with E-state index >= 15 is 0 Å². The van der Waals surface area contributed by atoms with Crippen LogP contribution in [-0.2, 0) is 4.79 Å². The van der Waals surface area contributed by atoms with Crippen LogP contribution in [0, 0.1) is 34.0 Å². The molecule has 1 saturated heterocycles. The lowest BCUT2D eigenvalue weighted by atomic mass is 9.69. The van der Waals surface area contributed by atoms with Crippen molar-refractivity contribution in [3.8, 4) is 12.1 Å². The van der Waals surface area contributed by atoms with Gasteiger partial charge >= 0.3 is 0 Å². The predicted molar refractivity (Wildman–Crippen MR) is 111 cm³/mol. The van der Waals surface area contributed by atoms with Gasteiger partial charge in [-0.2, -0.15) is 10.5 Å². The van der Waals surface area contributed by atoms with Gasteiger partial charge in [0, 0.05) is 22.5 Å². The lowest BCUT2D eigenvalue weighted by Crippen LogP contribution is -2.44. The van der Waals surface area contributed by atoms with Crippen LogP contribution in [0.25, 0.3) is 6.08 Å². The number of hydrogen-bond acceptors (Lipinski definition) is 4. The Morgan fingerprint density at radius 2 is 1.76 bits per heavy atom. The smallest absolute Gasteiger partial charge is 0.176 e. The fraction of sp³-hybridized carbons (Fsp3) is 0.292. The number of para-hydroxylation sites is 1. The second kappa shape index (κ2) is 6.48. The van der Waals surface area contributed by atoms with Gasteiger partial charge in [-0.3, -0.25) is 4.79 Å². The molecule has 5 rings (SSSR count). The van der Waals surface area contributed by atoms with Gasteiger partial charge in [0.05, 0.1) is 24.2 Å². The molecule has 142 valence electrons. The Morgan fingerprint density at radius 3 is 2.41 bits per heavy atom. The standard InChI is InChI=1S/C24H18ClN3O/c25-18-10-7-16(8-11-18)21-22(23(29)17-5-6-17)28-19-4-2-1-3-15(19)9-12-20(28)24(21,13-26)14-27/h1-4,7-12,17,20-22H,5-6H2/t20-,21+,22+/m0/s1. The van der Waals surface area contributed by atoms with Crippen molar-refractivity contribution in [1.82, 2.24) is 0 Å². The maximum Gasteiger partial charge on any atom is 0.176 e. The number of carbonyl (C=O) groups is 1. The maximum absolute atomic E-state index is 13.5. The molecule has 2 heterocycles. The maximum atomic E-state index is 13.5. The Morgan fingerprint density at radius 1 is 1.07 bits per heavy atom. The third-order valence-electron chi connectivity index (χ3n) is 6.42. The minimum Gasteiger partial charge on any atom is -0.351 e. The zero-order valence-electron chi connectivity index (χ0n) is 15.6. The van der Waals surface area contributed by atoms with E-state index in [4.69, 9.17) is 11.6 Å². The molecule has 1 aliphatic carbocycles. The summed E-state index contributed by atoms with van der Waals surface area (Å²) in [6.45, 7) is 0. The number of carbonyl (C=O) groups excluding carboxylic acids is 1. The van der Waals surface area contributed by atoms with E-state index < -0.39 is 23.4 Å². The van der Waals surface area contributed by atoms with Gasteiger partial charge < -0.3 is 4.90 Å². The number of rotatable bonds is 3. The summed E-state index contributed by atoms with van der Waals surface area (Å²) >= 11 is 6.09. The summed E-state index contributed by atoms with van der Waals surface area (Å²) in [6.07, 6.45) is 5.64. The van der Waals surface area contributed by atoms with Crippen molar-refractivity contribution in [3.05, 3.63) is 70.8 Å². The minimum atomic E-state index is -1.37. The van der Waals surface area contributed by atoms with Gasteiger partial charge in [-0.25, -0.2) is 0 Å². The summed E-state index contributed by atoms with van der Waals surface area (Å²) in [4.78, 5) is 15.6. The molecule has 0 amide bonds. The molecular weight excluding hydrogens is 382 g/mol. The molecule has 29 heavy (non-hydrogen) atoms. The van der Waals surface area contributed by atoms with Crippen LogP contribution in [0.2, 0.25) is 5.02 Å². The van der Waals surface area contributed by atoms with E-state index in [1.165, 1.54) is 0 Å². The third-order valence-corrected chi connectivity index (χ3v) is 6.67. The number of benzene rings is 2. The molecule has 0 N–H and O–H groups in total. The van der Waals surface area contributed by atoms with E-state index in [-0.39, 0.29) is 11.7 Å². The molecule has 0 bridgehead atoms. The lowest BCUT2D eigenvalue weighted by Gasteiger charge is -2.35. The average molecular weight is 400 g/mol. The van der Waals surface area contributed by atoms with Crippen molar-refractivity contribution < 1.29 is 4.79 Å². The second-order valence-electron chi connectivity index (χ2n) is 8.01. The van der Waals surface area contributed by atoms with Crippen molar-refractivity contribution >= 4 is 29.1 Å². The normalized spacial score (nSPS) is 26.2. The molecule has 2 aromatic carbocycles. The first-order valence-electron chi connectivity index (χ1n) is 9.78. The zero-order chi connectivity index (χ0) is 20.2. The van der Waals surface area contributed by atoms with Crippen molar-refractivity contribution in [2.75, 3.05) is 4.90 Å². The summed E-state index contributed by atoms with van der Waals surface area (Å²) < 4.78 is 0. The first-order chi connectivity index (χ1) is 14.1. The van der Waals surface area contributed by atoms with E-state index in [0.29, 0.717) is 5.02 Å². The second-order valence-corrected chi connectivity index (χ2v) is 8.45. The summed E-state index contributed by atoms with van der Waals surface area (Å²) in [6, 6.07) is 18.7. The largest absolute Gasteiger partial charge is 0.351 e. The Kier molecular flexibility index (Phi) is 4.02. The highest BCUT2D eigenvalue weighted by Gasteiger charge is 2.64. The number of nitrogens with zero attached hydrogens (tertiary/aromatic N) is 3. The Balaban J connectivity index is 1.76. The SMILES string of the molecule is N#CC1(C#N)[C@H](c2ccc(Cl)cc2)[C@H](C(=O)C2CC2)N2c3ccccc3C=C[C@H]21. The molecule has 2 aromatic rings. The number of Topliss-reactive ketones (excluding diaryl/α,β-unsaturated/α-hetero) is 1. The van der Waals surface area contributed by atoms with Crippen LogP contribution in [-0.4, -0.2) is 17.9 Å². The van der Waals surface area contributed by atoms with Crippen LogP contribution in [0.15, 0.2) is 54.6 Å². The van der Waals surface area contributed by atoms with E-state index in [9.17, 15) is 15.3 Å². The third kappa shape index (κ3) is 2.53. The summed E-state index contributed by atoms with van der Waals surface area (Å²) in [5.74, 6) is -0.405. The Labute approximate surface area is 174 Å². The Hall–Kier alpha value is -3.08. The summed E-state index contributed by atoms with van der Waals surface area (Å²) in [5.41, 5.74) is 1.34. The molecule has 0 aromatic heterocycles. The Bertz CT molecular complexity index is 1090. The van der Waals surface area contributed by atoms with Crippen LogP contribution < -0.4 is 4.90 Å². The van der Waals surface area contributed by atoms with Gasteiger partial charge in [0.1, 0.15) is 0 Å². The lowest BCUT2D eigenvalue weighted by molar-refractivity contribution is -0.121. The van der Waals surface area contributed by atoms with Crippen LogP contribution in [0.4, 0.5) is 5.69 Å². The van der Waals surface area contributed by atoms with Crippen molar-refractivity contribution in [2.45, 2.75) is 30.8 Å². The molecular formula is C24H18ClN3O. The molecule has 3 aliphatic rings.